The fourth-order valence-electron chi connectivity index (χ4n) is 0.864. The molecule has 0 bridgehead atoms. The quantitative estimate of drug-likeness (QED) is 0.377. The van der Waals surface area contributed by atoms with Gasteiger partial charge in [-0.1, -0.05) is 5.16 Å². The Morgan fingerprint density at radius 3 is 2.80 bits per heavy atom. The highest BCUT2D eigenvalue weighted by molar-refractivity contribution is 9.10. The lowest BCUT2D eigenvalue weighted by Gasteiger charge is -2.04. The average Bonchev–Trinajstić information content (AvgIpc) is 2.13. The van der Waals surface area contributed by atoms with Crippen LogP contribution in [0.25, 0.3) is 0 Å². The van der Waals surface area contributed by atoms with E-state index in [4.69, 9.17) is 5.21 Å². The molecule has 0 spiro atoms. The zero-order valence-corrected chi connectivity index (χ0v) is 8.75. The molecule has 1 aromatic rings. The van der Waals surface area contributed by atoms with E-state index < -0.39 is 17.5 Å². The molecule has 0 aliphatic carbocycles. The number of carbonyl (C=O) groups is 1. The Morgan fingerprint density at radius 1 is 1.53 bits per heavy atom. The monoisotopic (exact) mass is 278 g/mol. The SMILES string of the molecule is O=C(/C=N/O)Nc1cc(F)cc(Br)c1F. The molecule has 0 aliphatic rings. The molecule has 1 aromatic carbocycles. The van der Waals surface area contributed by atoms with Crippen molar-refractivity contribution >= 4 is 33.7 Å². The lowest BCUT2D eigenvalue weighted by Crippen LogP contribution is -2.14. The molecular formula is C8H5BrF2N2O2. The van der Waals surface area contributed by atoms with Crippen molar-refractivity contribution in [3.8, 4) is 0 Å². The maximum Gasteiger partial charge on any atom is 0.270 e. The summed E-state index contributed by atoms with van der Waals surface area (Å²) in [6.45, 7) is 0. The smallest absolute Gasteiger partial charge is 0.270 e. The van der Waals surface area contributed by atoms with Crippen LogP contribution in [0.5, 0.6) is 0 Å². The van der Waals surface area contributed by atoms with Crippen molar-refractivity contribution in [3.05, 3.63) is 28.2 Å². The molecule has 1 amide bonds. The van der Waals surface area contributed by atoms with Crippen LogP contribution in [0.3, 0.4) is 0 Å². The highest BCUT2D eigenvalue weighted by atomic mass is 79.9. The zero-order chi connectivity index (χ0) is 11.4. The minimum atomic E-state index is -0.867. The van der Waals surface area contributed by atoms with Crippen molar-refractivity contribution in [1.29, 1.82) is 0 Å². The van der Waals surface area contributed by atoms with Gasteiger partial charge in [-0.3, -0.25) is 4.79 Å². The summed E-state index contributed by atoms with van der Waals surface area (Å²) in [5.41, 5.74) is -0.341. The van der Waals surface area contributed by atoms with Gasteiger partial charge in [0, 0.05) is 6.07 Å². The van der Waals surface area contributed by atoms with E-state index in [9.17, 15) is 13.6 Å². The summed E-state index contributed by atoms with van der Waals surface area (Å²) in [6.07, 6.45) is 0.526. The van der Waals surface area contributed by atoms with Crippen LogP contribution in [0.1, 0.15) is 0 Å². The van der Waals surface area contributed by atoms with Gasteiger partial charge in [0.1, 0.15) is 12.0 Å². The van der Waals surface area contributed by atoms with Crippen LogP contribution in [-0.4, -0.2) is 17.3 Å². The second kappa shape index (κ2) is 4.83. The van der Waals surface area contributed by atoms with Gasteiger partial charge in [-0.2, -0.15) is 0 Å². The maximum atomic E-state index is 13.2. The van der Waals surface area contributed by atoms with Gasteiger partial charge in [0.05, 0.1) is 10.2 Å². The molecule has 0 unspecified atom stereocenters. The van der Waals surface area contributed by atoms with Gasteiger partial charge in [-0.25, -0.2) is 8.78 Å². The summed E-state index contributed by atoms with van der Waals surface area (Å²) >= 11 is 2.78. The number of benzene rings is 1. The van der Waals surface area contributed by atoms with E-state index in [-0.39, 0.29) is 10.2 Å². The molecule has 0 fully saturated rings. The molecule has 4 nitrogen and oxygen atoms in total. The first kappa shape index (κ1) is 11.6. The first-order valence-electron chi connectivity index (χ1n) is 3.67. The molecule has 0 heterocycles. The van der Waals surface area contributed by atoms with Crippen molar-refractivity contribution in [3.63, 3.8) is 0 Å². The number of nitrogens with zero attached hydrogens (tertiary/aromatic N) is 1. The van der Waals surface area contributed by atoms with Gasteiger partial charge in [-0.05, 0) is 22.0 Å². The molecule has 0 saturated heterocycles. The molecule has 15 heavy (non-hydrogen) atoms. The molecule has 0 aromatic heterocycles. The Morgan fingerprint density at radius 2 is 2.20 bits per heavy atom. The second-order valence-corrected chi connectivity index (χ2v) is 3.34. The fraction of sp³-hybridized carbons (Fsp3) is 0. The number of oxime groups is 1. The van der Waals surface area contributed by atoms with Gasteiger partial charge < -0.3 is 10.5 Å². The van der Waals surface area contributed by atoms with Crippen LogP contribution >= 0.6 is 15.9 Å². The Labute approximate surface area is 91.7 Å². The minimum absolute atomic E-state index is 0.112. The summed E-state index contributed by atoms with van der Waals surface area (Å²) in [6, 6.07) is 1.73. The number of hydrogen-bond donors (Lipinski definition) is 2. The van der Waals surface area contributed by atoms with Crippen LogP contribution in [-0.2, 0) is 4.79 Å². The molecule has 2 N–H and O–H groups in total. The summed E-state index contributed by atoms with van der Waals surface area (Å²) < 4.78 is 25.9. The standard InChI is InChI=1S/C8H5BrF2N2O2/c9-5-1-4(10)2-6(8(5)11)13-7(14)3-12-15/h1-3,15H,(H,13,14)/b12-3+. The Hall–Kier alpha value is -1.50. The van der Waals surface area contributed by atoms with E-state index in [1.54, 1.807) is 0 Å². The van der Waals surface area contributed by atoms with E-state index in [0.717, 1.165) is 12.1 Å². The van der Waals surface area contributed by atoms with Crippen molar-refractivity contribution in [2.45, 2.75) is 0 Å². The predicted molar refractivity (Wildman–Crippen MR) is 53.0 cm³/mol. The van der Waals surface area contributed by atoms with Crippen LogP contribution in [0, 0.1) is 11.6 Å². The van der Waals surface area contributed by atoms with Crippen LogP contribution in [0.2, 0.25) is 0 Å². The van der Waals surface area contributed by atoms with Gasteiger partial charge >= 0.3 is 0 Å². The largest absolute Gasteiger partial charge is 0.411 e. The van der Waals surface area contributed by atoms with Gasteiger partial charge in [0.2, 0.25) is 0 Å². The molecule has 0 saturated carbocycles. The van der Waals surface area contributed by atoms with E-state index >= 15 is 0 Å². The second-order valence-electron chi connectivity index (χ2n) is 2.48. The van der Waals surface area contributed by atoms with E-state index in [1.165, 1.54) is 0 Å². The normalized spacial score (nSPS) is 10.6. The number of anilines is 1. The van der Waals surface area contributed by atoms with Crippen molar-refractivity contribution in [2.24, 2.45) is 5.16 Å². The van der Waals surface area contributed by atoms with Crippen LogP contribution in [0.4, 0.5) is 14.5 Å². The number of amides is 1. The predicted octanol–water partition coefficient (Wildman–Crippen LogP) is 2.13. The Bertz CT molecular complexity index is 423. The topological polar surface area (TPSA) is 61.7 Å². The first-order valence-corrected chi connectivity index (χ1v) is 4.47. The lowest BCUT2D eigenvalue weighted by molar-refractivity contribution is -0.110. The van der Waals surface area contributed by atoms with Gasteiger partial charge in [0.15, 0.2) is 5.82 Å². The average molecular weight is 279 g/mol. The van der Waals surface area contributed by atoms with Crippen LogP contribution in [0.15, 0.2) is 21.8 Å². The highest BCUT2D eigenvalue weighted by Crippen LogP contribution is 2.24. The maximum absolute atomic E-state index is 13.2. The molecule has 1 rings (SSSR count). The Balaban J connectivity index is 2.99. The number of halogens is 3. The summed E-state index contributed by atoms with van der Waals surface area (Å²) in [5.74, 6) is -2.38. The van der Waals surface area contributed by atoms with E-state index in [0.29, 0.717) is 6.21 Å². The first-order chi connectivity index (χ1) is 7.04. The summed E-state index contributed by atoms with van der Waals surface area (Å²) in [7, 11) is 0. The number of hydrogen-bond acceptors (Lipinski definition) is 3. The van der Waals surface area contributed by atoms with Crippen molar-refractivity contribution < 1.29 is 18.8 Å². The minimum Gasteiger partial charge on any atom is -0.411 e. The van der Waals surface area contributed by atoms with E-state index in [1.807, 2.05) is 5.32 Å². The summed E-state index contributed by atoms with van der Waals surface area (Å²) in [4.78, 5) is 10.9. The number of carbonyl (C=O) groups excluding carboxylic acids is 1. The lowest BCUT2D eigenvalue weighted by atomic mass is 10.3. The zero-order valence-electron chi connectivity index (χ0n) is 7.17. The third kappa shape index (κ3) is 2.98. The molecule has 0 aliphatic heterocycles. The van der Waals surface area contributed by atoms with Crippen molar-refractivity contribution in [2.75, 3.05) is 5.32 Å². The Kier molecular flexibility index (Phi) is 3.73. The van der Waals surface area contributed by atoms with Crippen molar-refractivity contribution in [1.82, 2.24) is 0 Å². The molecule has 0 radical (unpaired) electrons. The molecule has 7 heteroatoms. The van der Waals surface area contributed by atoms with Gasteiger partial charge in [-0.15, -0.1) is 0 Å². The third-order valence-corrected chi connectivity index (χ3v) is 2.00. The highest BCUT2D eigenvalue weighted by Gasteiger charge is 2.10. The summed E-state index contributed by atoms with van der Waals surface area (Å²) in [5, 5.41) is 12.5. The van der Waals surface area contributed by atoms with E-state index in [2.05, 4.69) is 21.1 Å². The fourth-order valence-corrected chi connectivity index (χ4v) is 1.30. The van der Waals surface area contributed by atoms with Crippen LogP contribution < -0.4 is 5.32 Å². The number of nitrogens with one attached hydrogen (secondary N) is 1. The van der Waals surface area contributed by atoms with Gasteiger partial charge in [0.25, 0.3) is 5.91 Å². The molecule has 80 valence electrons. The molecule has 0 atom stereocenters. The molecular weight excluding hydrogens is 274 g/mol. The third-order valence-electron chi connectivity index (χ3n) is 1.43. The number of rotatable bonds is 2.